The van der Waals surface area contributed by atoms with Crippen molar-refractivity contribution in [1.29, 1.82) is 0 Å². The van der Waals surface area contributed by atoms with Gasteiger partial charge in [0, 0.05) is 50.8 Å². The highest BCUT2D eigenvalue weighted by molar-refractivity contribution is 5.67. The lowest BCUT2D eigenvalue weighted by molar-refractivity contribution is 0.623. The van der Waals surface area contributed by atoms with Crippen molar-refractivity contribution in [2.45, 2.75) is 6.42 Å². The first-order valence-corrected chi connectivity index (χ1v) is 9.20. The average Bonchev–Trinajstić information content (AvgIpc) is 3.19. The summed E-state index contributed by atoms with van der Waals surface area (Å²) in [4.78, 5) is 20.1. The van der Waals surface area contributed by atoms with Crippen molar-refractivity contribution in [3.05, 3.63) is 54.5 Å². The molecule has 0 saturated carbocycles. The normalized spacial score (nSPS) is 16.5. The zero-order chi connectivity index (χ0) is 18.1. The third-order valence-electron chi connectivity index (χ3n) is 5.10. The van der Waals surface area contributed by atoms with Crippen LogP contribution < -0.4 is 14.7 Å². The number of para-hydroxylation sites is 1. The Morgan fingerprint density at radius 3 is 2.33 bits per heavy atom. The molecule has 4 heterocycles. The topological polar surface area (TPSA) is 74.2 Å². The van der Waals surface area contributed by atoms with Gasteiger partial charge in [-0.25, -0.2) is 9.97 Å². The van der Waals surface area contributed by atoms with Crippen molar-refractivity contribution < 1.29 is 0 Å². The van der Waals surface area contributed by atoms with Crippen LogP contribution >= 0.6 is 0 Å². The lowest BCUT2D eigenvalue weighted by Crippen LogP contribution is -2.47. The number of fused-ring (bicyclic) bond motifs is 1. The molecule has 0 unspecified atom stereocenters. The van der Waals surface area contributed by atoms with E-state index in [9.17, 15) is 0 Å². The van der Waals surface area contributed by atoms with Gasteiger partial charge in [0.1, 0.15) is 0 Å². The summed E-state index contributed by atoms with van der Waals surface area (Å²) in [6.07, 6.45) is 6.34. The molecule has 0 atom stereocenters. The molecule has 8 heteroatoms. The van der Waals surface area contributed by atoms with E-state index in [1.54, 1.807) is 18.6 Å². The fraction of sp³-hybridized carbons (Fsp3) is 0.316. The quantitative estimate of drug-likeness (QED) is 0.698. The molecule has 2 aromatic heterocycles. The van der Waals surface area contributed by atoms with Crippen LogP contribution in [0, 0.1) is 0 Å². The minimum absolute atomic E-state index is 0.686. The highest BCUT2D eigenvalue weighted by atomic mass is 15.4. The van der Waals surface area contributed by atoms with Gasteiger partial charge in [-0.05, 0) is 24.1 Å². The van der Waals surface area contributed by atoms with Crippen LogP contribution in [0.4, 0.5) is 23.4 Å². The average molecular weight is 360 g/mol. The first-order chi connectivity index (χ1) is 13.4. The number of aromatic nitrogens is 5. The van der Waals surface area contributed by atoms with Gasteiger partial charge < -0.3 is 14.7 Å². The van der Waals surface area contributed by atoms with Gasteiger partial charge >= 0.3 is 0 Å². The Morgan fingerprint density at radius 2 is 1.52 bits per heavy atom. The summed E-state index contributed by atoms with van der Waals surface area (Å²) in [6, 6.07) is 10.3. The van der Waals surface area contributed by atoms with E-state index < -0.39 is 0 Å². The second kappa shape index (κ2) is 6.79. The Kier molecular flexibility index (Phi) is 4.00. The smallest absolute Gasteiger partial charge is 0.247 e. The number of rotatable bonds is 3. The van der Waals surface area contributed by atoms with Crippen molar-refractivity contribution in [3.63, 3.8) is 0 Å². The number of nitrogens with zero attached hydrogens (tertiary/aromatic N) is 8. The van der Waals surface area contributed by atoms with Crippen molar-refractivity contribution in [1.82, 2.24) is 25.1 Å². The summed E-state index contributed by atoms with van der Waals surface area (Å²) < 4.78 is 0. The van der Waals surface area contributed by atoms with E-state index in [4.69, 9.17) is 4.98 Å². The highest BCUT2D eigenvalue weighted by Gasteiger charge is 2.24. The Labute approximate surface area is 157 Å². The second-order valence-corrected chi connectivity index (χ2v) is 6.67. The van der Waals surface area contributed by atoms with Gasteiger partial charge in [-0.3, -0.25) is 0 Å². The molecule has 0 amide bonds. The molecule has 5 rings (SSSR count). The van der Waals surface area contributed by atoms with E-state index >= 15 is 0 Å². The number of anilines is 4. The first-order valence-electron chi connectivity index (χ1n) is 9.20. The van der Waals surface area contributed by atoms with Crippen LogP contribution in [0.5, 0.6) is 0 Å². The Balaban J connectivity index is 1.32. The summed E-state index contributed by atoms with van der Waals surface area (Å²) in [7, 11) is 0. The molecule has 8 nitrogen and oxygen atoms in total. The molecule has 136 valence electrons. The van der Waals surface area contributed by atoms with Gasteiger partial charge in [0.05, 0.1) is 6.20 Å². The fourth-order valence-corrected chi connectivity index (χ4v) is 3.69. The van der Waals surface area contributed by atoms with E-state index in [2.05, 4.69) is 59.1 Å². The van der Waals surface area contributed by atoms with Crippen LogP contribution in [0.3, 0.4) is 0 Å². The summed E-state index contributed by atoms with van der Waals surface area (Å²) in [5, 5.41) is 8.50. The molecule has 2 aliphatic heterocycles. The molecule has 1 fully saturated rings. The Morgan fingerprint density at radius 1 is 0.778 bits per heavy atom. The van der Waals surface area contributed by atoms with Crippen LogP contribution in [0.2, 0.25) is 0 Å². The second-order valence-electron chi connectivity index (χ2n) is 6.67. The predicted molar refractivity (Wildman–Crippen MR) is 103 cm³/mol. The Hall–Kier alpha value is -3.29. The zero-order valence-corrected chi connectivity index (χ0v) is 14.9. The minimum Gasteiger partial charge on any atom is -0.337 e. The largest absolute Gasteiger partial charge is 0.337 e. The lowest BCUT2D eigenvalue weighted by Gasteiger charge is -2.34. The van der Waals surface area contributed by atoms with E-state index in [0.717, 1.165) is 50.9 Å². The third-order valence-corrected chi connectivity index (χ3v) is 5.10. The number of hydrogen-bond donors (Lipinski definition) is 0. The van der Waals surface area contributed by atoms with Gasteiger partial charge in [0.2, 0.25) is 11.9 Å². The maximum Gasteiger partial charge on any atom is 0.247 e. The fourth-order valence-electron chi connectivity index (χ4n) is 3.69. The van der Waals surface area contributed by atoms with Gasteiger partial charge in [-0.15, -0.1) is 5.10 Å². The molecule has 3 aromatic rings. The Bertz CT molecular complexity index is 924. The van der Waals surface area contributed by atoms with Crippen LogP contribution in [0.25, 0.3) is 0 Å². The minimum atomic E-state index is 0.686. The van der Waals surface area contributed by atoms with Crippen molar-refractivity contribution in [2.75, 3.05) is 47.4 Å². The number of piperazine rings is 1. The molecule has 0 aliphatic carbocycles. The molecule has 0 radical (unpaired) electrons. The van der Waals surface area contributed by atoms with Crippen LogP contribution in [-0.4, -0.2) is 57.9 Å². The molecule has 2 aliphatic rings. The van der Waals surface area contributed by atoms with Gasteiger partial charge in [0.15, 0.2) is 5.82 Å². The van der Waals surface area contributed by atoms with E-state index in [1.807, 2.05) is 6.07 Å². The van der Waals surface area contributed by atoms with Crippen molar-refractivity contribution in [2.24, 2.45) is 0 Å². The summed E-state index contributed by atoms with van der Waals surface area (Å²) >= 11 is 0. The highest BCUT2D eigenvalue weighted by Crippen LogP contribution is 2.33. The van der Waals surface area contributed by atoms with E-state index in [0.29, 0.717) is 5.95 Å². The van der Waals surface area contributed by atoms with Crippen LogP contribution in [0.1, 0.15) is 5.56 Å². The molecule has 0 N–H and O–H groups in total. The van der Waals surface area contributed by atoms with E-state index in [-0.39, 0.29) is 0 Å². The lowest BCUT2D eigenvalue weighted by atomic mass is 10.2. The van der Waals surface area contributed by atoms with Crippen molar-refractivity contribution in [3.8, 4) is 0 Å². The first kappa shape index (κ1) is 15.9. The summed E-state index contributed by atoms with van der Waals surface area (Å²) in [5.41, 5.74) is 2.57. The SMILES string of the molecule is c1cnc(N2CCN(c3nncc(N4CCc5ccccc54)n3)CC2)nc1. The van der Waals surface area contributed by atoms with Crippen LogP contribution in [0.15, 0.2) is 48.9 Å². The molecule has 0 spiro atoms. The maximum atomic E-state index is 4.80. The van der Waals surface area contributed by atoms with Gasteiger partial charge in [-0.1, -0.05) is 18.2 Å². The molecular formula is C19H20N8. The third kappa shape index (κ3) is 3.03. The molecular weight excluding hydrogens is 340 g/mol. The molecule has 27 heavy (non-hydrogen) atoms. The number of benzene rings is 1. The van der Waals surface area contributed by atoms with Gasteiger partial charge in [-0.2, -0.15) is 10.1 Å². The predicted octanol–water partition coefficient (Wildman–Crippen LogP) is 1.68. The van der Waals surface area contributed by atoms with Crippen LogP contribution in [-0.2, 0) is 6.42 Å². The standard InChI is InChI=1S/C19H20N8/c1-2-5-16-15(4-1)6-9-27(16)17-14-22-24-19(23-17)26-12-10-25(11-13-26)18-20-7-3-8-21-18/h1-5,7-8,14H,6,9-13H2. The summed E-state index contributed by atoms with van der Waals surface area (Å²) in [6.45, 7) is 4.24. The van der Waals surface area contributed by atoms with Crippen molar-refractivity contribution >= 4 is 23.4 Å². The van der Waals surface area contributed by atoms with Gasteiger partial charge in [0.25, 0.3) is 0 Å². The molecule has 1 aromatic carbocycles. The summed E-state index contributed by atoms with van der Waals surface area (Å²) in [5.74, 6) is 2.32. The monoisotopic (exact) mass is 360 g/mol. The zero-order valence-electron chi connectivity index (χ0n) is 14.9. The number of hydrogen-bond acceptors (Lipinski definition) is 8. The molecule has 1 saturated heterocycles. The molecule has 0 bridgehead atoms. The van der Waals surface area contributed by atoms with E-state index in [1.165, 1.54) is 11.3 Å². The maximum absolute atomic E-state index is 4.80.